The van der Waals surface area contributed by atoms with E-state index >= 15 is 0 Å². The third kappa shape index (κ3) is 4.54. The topological polar surface area (TPSA) is 50.3 Å². The average molecular weight is 357 g/mol. The van der Waals surface area contributed by atoms with Crippen LogP contribution in [0, 0.1) is 0 Å². The average Bonchev–Trinajstić information content (AvgIpc) is 2.45. The number of ether oxygens (including phenoxy) is 1. The first kappa shape index (κ1) is 16.5. The van der Waals surface area contributed by atoms with Gasteiger partial charge in [-0.3, -0.25) is 0 Å². The molecule has 118 valence electrons. The summed E-state index contributed by atoms with van der Waals surface area (Å²) in [6.45, 7) is 8.53. The lowest BCUT2D eigenvalue weighted by Gasteiger charge is -2.37. The number of methoxy groups -OCH3 is 1. The van der Waals surface area contributed by atoms with Gasteiger partial charge in [0.25, 0.3) is 0 Å². The Bertz CT molecular complexity index is 475. The van der Waals surface area contributed by atoms with E-state index in [0.29, 0.717) is 11.9 Å². The Balaban J connectivity index is 2.14. The zero-order chi connectivity index (χ0) is 15.5. The summed E-state index contributed by atoms with van der Waals surface area (Å²) in [4.78, 5) is 11.3. The molecule has 1 fully saturated rings. The van der Waals surface area contributed by atoms with Crippen molar-refractivity contribution in [1.29, 1.82) is 0 Å². The van der Waals surface area contributed by atoms with E-state index < -0.39 is 0 Å². The van der Waals surface area contributed by atoms with Crippen LogP contribution in [0.25, 0.3) is 0 Å². The van der Waals surface area contributed by atoms with Gasteiger partial charge in [0, 0.05) is 24.7 Å². The van der Waals surface area contributed by atoms with Crippen molar-refractivity contribution < 1.29 is 4.74 Å². The maximum atomic E-state index is 5.29. The van der Waals surface area contributed by atoms with Crippen LogP contribution >= 0.6 is 15.9 Å². The third-order valence-electron chi connectivity index (χ3n) is 3.64. The molecule has 1 aliphatic rings. The van der Waals surface area contributed by atoms with Crippen LogP contribution in [0.1, 0.15) is 40.0 Å². The molecule has 21 heavy (non-hydrogen) atoms. The van der Waals surface area contributed by atoms with E-state index in [1.807, 2.05) is 0 Å². The maximum absolute atomic E-state index is 5.29. The van der Waals surface area contributed by atoms with Gasteiger partial charge >= 0.3 is 0 Å². The number of halogens is 1. The number of piperidine rings is 1. The predicted octanol–water partition coefficient (Wildman–Crippen LogP) is 2.99. The summed E-state index contributed by atoms with van der Waals surface area (Å²) in [5, 5.41) is 3.59. The zero-order valence-corrected chi connectivity index (χ0v) is 14.9. The van der Waals surface area contributed by atoms with Crippen molar-refractivity contribution in [3.8, 4) is 5.88 Å². The largest absolute Gasteiger partial charge is 0.480 e. The highest BCUT2D eigenvalue weighted by molar-refractivity contribution is 9.10. The highest BCUT2D eigenvalue weighted by Gasteiger charge is 2.26. The number of hydrogen-bond acceptors (Lipinski definition) is 5. The molecule has 1 aromatic rings. The molecular formula is C15H25BrN4O. The Hall–Kier alpha value is -0.880. The first-order valence-corrected chi connectivity index (χ1v) is 8.28. The lowest BCUT2D eigenvalue weighted by molar-refractivity contribution is 0.360. The summed E-state index contributed by atoms with van der Waals surface area (Å²) in [5.74, 6) is 1.35. The molecule has 1 unspecified atom stereocenters. The molecule has 1 saturated heterocycles. The normalized spacial score (nSPS) is 19.7. The minimum atomic E-state index is 0.126. The number of hydrogen-bond donors (Lipinski definition) is 1. The molecule has 0 amide bonds. The van der Waals surface area contributed by atoms with Crippen LogP contribution in [-0.4, -0.2) is 41.7 Å². The maximum Gasteiger partial charge on any atom is 0.232 e. The Morgan fingerprint density at radius 1 is 1.43 bits per heavy atom. The Kier molecular flexibility index (Phi) is 5.43. The van der Waals surface area contributed by atoms with Gasteiger partial charge in [0.15, 0.2) is 0 Å². The van der Waals surface area contributed by atoms with Crippen LogP contribution in [-0.2, 0) is 0 Å². The molecule has 1 aromatic heterocycles. The fraction of sp³-hybridized carbons (Fsp3) is 0.733. The van der Waals surface area contributed by atoms with Gasteiger partial charge in [-0.05, 0) is 56.0 Å². The van der Waals surface area contributed by atoms with Gasteiger partial charge in [-0.2, -0.15) is 4.98 Å². The van der Waals surface area contributed by atoms with Crippen LogP contribution in [0.15, 0.2) is 10.7 Å². The summed E-state index contributed by atoms with van der Waals surface area (Å²) in [6, 6.07) is 0.434. The number of nitrogens with one attached hydrogen (secondary N) is 1. The van der Waals surface area contributed by atoms with Crippen molar-refractivity contribution in [3.05, 3.63) is 10.7 Å². The van der Waals surface area contributed by atoms with Crippen molar-refractivity contribution >= 4 is 21.9 Å². The molecule has 1 atom stereocenters. The van der Waals surface area contributed by atoms with Gasteiger partial charge in [-0.1, -0.05) is 0 Å². The molecule has 1 N–H and O–H groups in total. The van der Waals surface area contributed by atoms with E-state index in [1.165, 1.54) is 19.3 Å². The van der Waals surface area contributed by atoms with Crippen LogP contribution in [0.5, 0.6) is 5.88 Å². The molecule has 2 heterocycles. The van der Waals surface area contributed by atoms with Gasteiger partial charge < -0.3 is 15.0 Å². The van der Waals surface area contributed by atoms with Crippen LogP contribution in [0.4, 0.5) is 5.95 Å². The molecule has 5 nitrogen and oxygen atoms in total. The Morgan fingerprint density at radius 3 is 2.86 bits per heavy atom. The minimum absolute atomic E-state index is 0.126. The molecule has 0 saturated carbocycles. The predicted molar refractivity (Wildman–Crippen MR) is 89.0 cm³/mol. The monoisotopic (exact) mass is 356 g/mol. The van der Waals surface area contributed by atoms with Gasteiger partial charge in [0.1, 0.15) is 0 Å². The second-order valence-corrected chi connectivity index (χ2v) is 7.36. The summed E-state index contributed by atoms with van der Waals surface area (Å²) >= 11 is 3.41. The number of rotatable bonds is 4. The van der Waals surface area contributed by atoms with Crippen LogP contribution < -0.4 is 15.0 Å². The summed E-state index contributed by atoms with van der Waals surface area (Å²) in [7, 11) is 1.63. The minimum Gasteiger partial charge on any atom is -0.480 e. The second kappa shape index (κ2) is 6.92. The summed E-state index contributed by atoms with van der Waals surface area (Å²) in [5.41, 5.74) is 0.126. The summed E-state index contributed by atoms with van der Waals surface area (Å²) < 4.78 is 6.07. The standard InChI is InChI=1S/C15H25BrN4O/c1-15(2,3)18-9-11-7-5-6-8-20(11)14-17-10-12(16)13(19-14)21-4/h10-11,18H,5-9H2,1-4H3. The molecule has 0 bridgehead atoms. The Labute approximate surface area is 135 Å². The van der Waals surface area contributed by atoms with Gasteiger partial charge in [-0.25, -0.2) is 4.98 Å². The molecule has 1 aliphatic heterocycles. The second-order valence-electron chi connectivity index (χ2n) is 6.50. The van der Waals surface area contributed by atoms with E-state index in [-0.39, 0.29) is 5.54 Å². The molecule has 0 spiro atoms. The van der Waals surface area contributed by atoms with Crippen molar-refractivity contribution in [2.45, 2.75) is 51.6 Å². The molecular weight excluding hydrogens is 332 g/mol. The first-order chi connectivity index (χ1) is 9.90. The molecule has 2 rings (SSSR count). The molecule has 6 heteroatoms. The number of aromatic nitrogens is 2. The molecule has 0 radical (unpaired) electrons. The van der Waals surface area contributed by atoms with Gasteiger partial charge in [-0.15, -0.1) is 0 Å². The van der Waals surface area contributed by atoms with Gasteiger partial charge in [0.2, 0.25) is 11.8 Å². The quantitative estimate of drug-likeness (QED) is 0.898. The first-order valence-electron chi connectivity index (χ1n) is 7.49. The van der Waals surface area contributed by atoms with Crippen molar-refractivity contribution in [2.75, 3.05) is 25.1 Å². The fourth-order valence-corrected chi connectivity index (χ4v) is 2.88. The lowest BCUT2D eigenvalue weighted by Crippen LogP contribution is -2.50. The Morgan fingerprint density at radius 2 is 2.19 bits per heavy atom. The smallest absolute Gasteiger partial charge is 0.232 e. The van der Waals surface area contributed by atoms with Crippen LogP contribution in [0.3, 0.4) is 0 Å². The fourth-order valence-electron chi connectivity index (χ4n) is 2.52. The van der Waals surface area contributed by atoms with Crippen molar-refractivity contribution in [2.24, 2.45) is 0 Å². The lowest BCUT2D eigenvalue weighted by atomic mass is 10.0. The zero-order valence-electron chi connectivity index (χ0n) is 13.3. The number of nitrogens with zero attached hydrogens (tertiary/aromatic N) is 3. The highest BCUT2D eigenvalue weighted by atomic mass is 79.9. The van der Waals surface area contributed by atoms with Crippen LogP contribution in [0.2, 0.25) is 0 Å². The van der Waals surface area contributed by atoms with E-state index in [4.69, 9.17) is 4.74 Å². The van der Waals surface area contributed by atoms with E-state index in [9.17, 15) is 0 Å². The highest BCUT2D eigenvalue weighted by Crippen LogP contribution is 2.27. The SMILES string of the molecule is COc1nc(N2CCCCC2CNC(C)(C)C)ncc1Br. The van der Waals surface area contributed by atoms with E-state index in [1.54, 1.807) is 13.3 Å². The van der Waals surface area contributed by atoms with E-state index in [2.05, 4.69) is 56.9 Å². The molecule has 0 aromatic carbocycles. The third-order valence-corrected chi connectivity index (χ3v) is 4.19. The van der Waals surface area contributed by atoms with Gasteiger partial charge in [0.05, 0.1) is 17.8 Å². The molecule has 0 aliphatic carbocycles. The summed E-state index contributed by atoms with van der Waals surface area (Å²) in [6.07, 6.45) is 5.39. The van der Waals surface area contributed by atoms with Crippen molar-refractivity contribution in [1.82, 2.24) is 15.3 Å². The van der Waals surface area contributed by atoms with E-state index in [0.717, 1.165) is 23.5 Å². The van der Waals surface area contributed by atoms with Crippen molar-refractivity contribution in [3.63, 3.8) is 0 Å². The number of anilines is 1.